The number of benzene rings is 2. The number of hydrogen-bond donors (Lipinski definition) is 1. The highest BCUT2D eigenvalue weighted by Crippen LogP contribution is 2.38. The summed E-state index contributed by atoms with van der Waals surface area (Å²) >= 11 is 0. The third kappa shape index (κ3) is 2.51. The lowest BCUT2D eigenvalue weighted by molar-refractivity contribution is -0.126. The molecular weight excluding hydrogens is 354 g/mol. The van der Waals surface area contributed by atoms with Gasteiger partial charge in [-0.25, -0.2) is 9.67 Å². The maximum atomic E-state index is 12.2. The van der Waals surface area contributed by atoms with Gasteiger partial charge in [0.2, 0.25) is 11.8 Å². The minimum Gasteiger partial charge on any atom is -0.436 e. The second-order valence-electron chi connectivity index (χ2n) is 7.02. The molecule has 7 nitrogen and oxygen atoms in total. The summed E-state index contributed by atoms with van der Waals surface area (Å²) < 4.78 is 7.50. The second kappa shape index (κ2) is 6.30. The number of para-hydroxylation sites is 2. The van der Waals surface area contributed by atoms with E-state index in [1.54, 1.807) is 10.9 Å². The Balaban J connectivity index is 1.52. The summed E-state index contributed by atoms with van der Waals surface area (Å²) in [7, 11) is 0. The molecule has 0 bridgehead atoms. The molecule has 2 N–H and O–H groups in total. The maximum absolute atomic E-state index is 12.2. The number of oxazole rings is 1. The van der Waals surface area contributed by atoms with Gasteiger partial charge in [-0.15, -0.1) is 5.10 Å². The predicted molar refractivity (Wildman–Crippen MR) is 104 cm³/mol. The van der Waals surface area contributed by atoms with Crippen molar-refractivity contribution in [1.29, 1.82) is 0 Å². The number of rotatable bonds is 4. The number of aromatic nitrogens is 4. The number of carbonyl (C=O) groups excluding carboxylic acids is 1. The highest BCUT2D eigenvalue weighted by atomic mass is 16.3. The van der Waals surface area contributed by atoms with Crippen molar-refractivity contribution >= 4 is 17.0 Å². The zero-order valence-electron chi connectivity index (χ0n) is 15.1. The zero-order chi connectivity index (χ0) is 19.1. The van der Waals surface area contributed by atoms with E-state index in [2.05, 4.69) is 21.7 Å². The molecule has 28 heavy (non-hydrogen) atoms. The van der Waals surface area contributed by atoms with Crippen LogP contribution in [0.25, 0.3) is 33.8 Å². The van der Waals surface area contributed by atoms with Gasteiger partial charge in [0.1, 0.15) is 11.1 Å². The number of amides is 1. The van der Waals surface area contributed by atoms with Crippen LogP contribution in [-0.2, 0) is 10.3 Å². The lowest BCUT2D eigenvalue weighted by Gasteiger charge is -2.26. The highest BCUT2D eigenvalue weighted by molar-refractivity contribution is 5.84. The molecule has 5 rings (SSSR count). The molecule has 1 aliphatic rings. The van der Waals surface area contributed by atoms with Crippen LogP contribution in [0.15, 0.2) is 59.1 Å². The van der Waals surface area contributed by atoms with Crippen LogP contribution in [0.5, 0.6) is 0 Å². The number of nitrogens with zero attached hydrogens (tertiary/aromatic N) is 4. The van der Waals surface area contributed by atoms with Crippen LogP contribution < -0.4 is 5.73 Å². The monoisotopic (exact) mass is 372 g/mol. The SMILES string of the molecule is NC(=O)[C@@]1(n2nncc2-c2ccc(-c3nc4ccccc4o3)cc2)C[CH]CC1. The van der Waals surface area contributed by atoms with E-state index >= 15 is 0 Å². The molecule has 1 radical (unpaired) electrons. The minimum atomic E-state index is -0.842. The fourth-order valence-electron chi connectivity index (χ4n) is 3.83. The van der Waals surface area contributed by atoms with E-state index in [1.165, 1.54) is 0 Å². The van der Waals surface area contributed by atoms with Gasteiger partial charge in [0, 0.05) is 11.1 Å². The number of primary amides is 1. The van der Waals surface area contributed by atoms with Crippen LogP contribution >= 0.6 is 0 Å². The van der Waals surface area contributed by atoms with E-state index in [0.29, 0.717) is 18.7 Å². The van der Waals surface area contributed by atoms with Crippen molar-refractivity contribution < 1.29 is 9.21 Å². The summed E-state index contributed by atoms with van der Waals surface area (Å²) in [5, 5.41) is 8.23. The third-order valence-electron chi connectivity index (χ3n) is 5.38. The predicted octanol–water partition coefficient (Wildman–Crippen LogP) is 3.32. The van der Waals surface area contributed by atoms with Crippen LogP contribution in [0.1, 0.15) is 19.3 Å². The Bertz CT molecular complexity index is 1120. The number of nitrogens with two attached hydrogens (primary N) is 1. The van der Waals surface area contributed by atoms with Crippen molar-refractivity contribution in [3.05, 3.63) is 61.1 Å². The van der Waals surface area contributed by atoms with E-state index in [4.69, 9.17) is 10.2 Å². The largest absolute Gasteiger partial charge is 0.436 e. The Morgan fingerprint density at radius 1 is 1.11 bits per heavy atom. The summed E-state index contributed by atoms with van der Waals surface area (Å²) in [6.07, 6.45) is 5.78. The zero-order valence-corrected chi connectivity index (χ0v) is 15.1. The fourth-order valence-corrected chi connectivity index (χ4v) is 3.83. The summed E-state index contributed by atoms with van der Waals surface area (Å²) in [6, 6.07) is 15.4. The molecule has 1 saturated carbocycles. The average Bonchev–Trinajstić information content (AvgIpc) is 3.46. The van der Waals surface area contributed by atoms with Gasteiger partial charge >= 0.3 is 0 Å². The van der Waals surface area contributed by atoms with Crippen molar-refractivity contribution in [2.75, 3.05) is 0 Å². The van der Waals surface area contributed by atoms with E-state index in [0.717, 1.165) is 34.3 Å². The van der Waals surface area contributed by atoms with Crippen molar-refractivity contribution in [1.82, 2.24) is 20.0 Å². The summed E-state index contributed by atoms with van der Waals surface area (Å²) in [5.74, 6) is 0.189. The Kier molecular flexibility index (Phi) is 3.75. The minimum absolute atomic E-state index is 0.379. The first-order valence-corrected chi connectivity index (χ1v) is 9.16. The lowest BCUT2D eigenvalue weighted by atomic mass is 9.96. The number of carbonyl (C=O) groups is 1. The third-order valence-corrected chi connectivity index (χ3v) is 5.38. The molecule has 4 aromatic rings. The first kappa shape index (κ1) is 16.7. The van der Waals surface area contributed by atoms with E-state index in [1.807, 2.05) is 48.5 Å². The molecule has 0 spiro atoms. The second-order valence-corrected chi connectivity index (χ2v) is 7.02. The summed E-state index contributed by atoms with van der Waals surface area (Å²) in [5.41, 5.74) is 9.01. The molecule has 2 heterocycles. The Morgan fingerprint density at radius 2 is 1.89 bits per heavy atom. The van der Waals surface area contributed by atoms with Crippen LogP contribution in [0.4, 0.5) is 0 Å². The molecule has 2 aromatic carbocycles. The molecule has 1 fully saturated rings. The quantitative estimate of drug-likeness (QED) is 0.592. The van der Waals surface area contributed by atoms with Gasteiger partial charge < -0.3 is 10.2 Å². The highest BCUT2D eigenvalue weighted by Gasteiger charge is 2.44. The molecule has 0 unspecified atom stereocenters. The first-order valence-electron chi connectivity index (χ1n) is 9.16. The average molecular weight is 372 g/mol. The molecular formula is C21H18N5O2. The lowest BCUT2D eigenvalue weighted by Crippen LogP contribution is -2.45. The Labute approximate surface area is 161 Å². The van der Waals surface area contributed by atoms with Crippen molar-refractivity contribution in [3.8, 4) is 22.7 Å². The van der Waals surface area contributed by atoms with Crippen molar-refractivity contribution in [3.63, 3.8) is 0 Å². The molecule has 1 atom stereocenters. The van der Waals surface area contributed by atoms with Gasteiger partial charge in [-0.1, -0.05) is 29.5 Å². The van der Waals surface area contributed by atoms with Gasteiger partial charge in [0.15, 0.2) is 5.58 Å². The summed E-state index contributed by atoms with van der Waals surface area (Å²) in [4.78, 5) is 16.8. The fraction of sp³-hybridized carbons (Fsp3) is 0.190. The van der Waals surface area contributed by atoms with Gasteiger partial charge in [-0.05, 0) is 49.9 Å². The van der Waals surface area contributed by atoms with Crippen LogP contribution in [0.2, 0.25) is 0 Å². The van der Waals surface area contributed by atoms with Crippen molar-refractivity contribution in [2.24, 2.45) is 5.73 Å². The number of hydrogen-bond acceptors (Lipinski definition) is 5. The Morgan fingerprint density at radius 3 is 2.61 bits per heavy atom. The molecule has 2 aromatic heterocycles. The smallest absolute Gasteiger partial charge is 0.245 e. The van der Waals surface area contributed by atoms with E-state index in [-0.39, 0.29) is 5.91 Å². The first-order chi connectivity index (χ1) is 13.7. The maximum Gasteiger partial charge on any atom is 0.245 e. The van der Waals surface area contributed by atoms with Crippen molar-refractivity contribution in [2.45, 2.75) is 24.8 Å². The topological polar surface area (TPSA) is 99.8 Å². The normalized spacial score (nSPS) is 15.9. The molecule has 0 saturated heterocycles. The summed E-state index contributed by atoms with van der Waals surface area (Å²) in [6.45, 7) is 0. The number of fused-ring (bicyclic) bond motifs is 1. The van der Waals surface area contributed by atoms with Gasteiger partial charge in [-0.3, -0.25) is 4.79 Å². The van der Waals surface area contributed by atoms with Crippen LogP contribution in [0, 0.1) is 6.42 Å². The van der Waals surface area contributed by atoms with Gasteiger partial charge in [-0.2, -0.15) is 0 Å². The van der Waals surface area contributed by atoms with Gasteiger partial charge in [0.25, 0.3) is 0 Å². The molecule has 139 valence electrons. The molecule has 0 aliphatic heterocycles. The Hall–Kier alpha value is -3.48. The molecule has 7 heteroatoms. The van der Waals surface area contributed by atoms with E-state index in [9.17, 15) is 4.79 Å². The standard InChI is InChI=1S/C21H18N5O2/c22-20(27)21(11-3-4-12-21)26-17(13-23-25-26)14-7-9-15(10-8-14)19-24-16-5-1-2-6-18(16)28-19/h1-3,5-10,13H,4,11-12H2,(H2,22,27)/t21-/m1/s1. The molecule has 1 aliphatic carbocycles. The van der Waals surface area contributed by atoms with E-state index < -0.39 is 5.54 Å². The molecule has 1 amide bonds. The van der Waals surface area contributed by atoms with Crippen LogP contribution in [0.3, 0.4) is 0 Å². The van der Waals surface area contributed by atoms with Crippen LogP contribution in [-0.4, -0.2) is 25.9 Å². The van der Waals surface area contributed by atoms with Gasteiger partial charge in [0.05, 0.1) is 11.9 Å².